The Morgan fingerprint density at radius 2 is 2.10 bits per heavy atom. The number of benzene rings is 1. The molecule has 0 saturated heterocycles. The standard InChI is InChI=1S/C15H14ClFN2O/c16-14-5-4-12(10-19-14)9-15(20)18-7-6-11-2-1-3-13(17)8-11/h1-5,8,10H,6-7,9H2,(H,18,20). The van der Waals surface area contributed by atoms with E-state index in [2.05, 4.69) is 10.3 Å². The van der Waals surface area contributed by atoms with Gasteiger partial charge in [0.15, 0.2) is 0 Å². The predicted molar refractivity (Wildman–Crippen MR) is 76.1 cm³/mol. The van der Waals surface area contributed by atoms with Gasteiger partial charge in [-0.25, -0.2) is 9.37 Å². The van der Waals surface area contributed by atoms with Crippen LogP contribution < -0.4 is 5.32 Å². The Balaban J connectivity index is 1.76. The first-order valence-corrected chi connectivity index (χ1v) is 6.63. The van der Waals surface area contributed by atoms with Gasteiger partial charge in [-0.1, -0.05) is 29.8 Å². The van der Waals surface area contributed by atoms with Crippen molar-refractivity contribution in [3.63, 3.8) is 0 Å². The fraction of sp³-hybridized carbons (Fsp3) is 0.200. The summed E-state index contributed by atoms with van der Waals surface area (Å²) in [6.07, 6.45) is 2.43. The minimum Gasteiger partial charge on any atom is -0.355 e. The van der Waals surface area contributed by atoms with Crippen LogP contribution in [0.5, 0.6) is 0 Å². The van der Waals surface area contributed by atoms with E-state index in [1.165, 1.54) is 12.1 Å². The third-order valence-electron chi connectivity index (χ3n) is 2.78. The molecule has 0 aliphatic carbocycles. The summed E-state index contributed by atoms with van der Waals surface area (Å²) in [6.45, 7) is 0.476. The van der Waals surface area contributed by atoms with Crippen molar-refractivity contribution >= 4 is 17.5 Å². The van der Waals surface area contributed by atoms with E-state index in [0.717, 1.165) is 11.1 Å². The van der Waals surface area contributed by atoms with E-state index in [4.69, 9.17) is 11.6 Å². The van der Waals surface area contributed by atoms with Crippen LogP contribution in [0.2, 0.25) is 5.15 Å². The van der Waals surface area contributed by atoms with Crippen LogP contribution in [0, 0.1) is 5.82 Å². The van der Waals surface area contributed by atoms with Crippen molar-refractivity contribution in [2.45, 2.75) is 12.8 Å². The Kier molecular flexibility index (Phi) is 5.07. The first-order chi connectivity index (χ1) is 9.63. The number of hydrogen-bond donors (Lipinski definition) is 1. The molecule has 1 aromatic carbocycles. The van der Waals surface area contributed by atoms with Crippen LogP contribution in [0.1, 0.15) is 11.1 Å². The summed E-state index contributed by atoms with van der Waals surface area (Å²) in [4.78, 5) is 15.6. The molecule has 3 nitrogen and oxygen atoms in total. The van der Waals surface area contributed by atoms with Gasteiger partial charge in [0.05, 0.1) is 6.42 Å². The molecule has 104 valence electrons. The number of aromatic nitrogens is 1. The van der Waals surface area contributed by atoms with Crippen molar-refractivity contribution in [1.29, 1.82) is 0 Å². The Morgan fingerprint density at radius 1 is 1.25 bits per heavy atom. The van der Waals surface area contributed by atoms with Crippen LogP contribution in [-0.4, -0.2) is 17.4 Å². The van der Waals surface area contributed by atoms with Gasteiger partial charge in [-0.2, -0.15) is 0 Å². The summed E-state index contributed by atoms with van der Waals surface area (Å²) in [7, 11) is 0. The SMILES string of the molecule is O=C(Cc1ccc(Cl)nc1)NCCc1cccc(F)c1. The van der Waals surface area contributed by atoms with E-state index in [1.807, 2.05) is 6.07 Å². The number of carbonyl (C=O) groups excluding carboxylic acids is 1. The molecule has 1 N–H and O–H groups in total. The van der Waals surface area contributed by atoms with Crippen LogP contribution in [0.15, 0.2) is 42.6 Å². The third kappa shape index (κ3) is 4.63. The molecule has 1 heterocycles. The number of carbonyl (C=O) groups is 1. The Morgan fingerprint density at radius 3 is 2.80 bits per heavy atom. The average Bonchev–Trinajstić information content (AvgIpc) is 2.41. The highest BCUT2D eigenvalue weighted by Crippen LogP contribution is 2.06. The van der Waals surface area contributed by atoms with E-state index in [9.17, 15) is 9.18 Å². The van der Waals surface area contributed by atoms with Crippen LogP contribution in [-0.2, 0) is 17.6 Å². The van der Waals surface area contributed by atoms with Crippen molar-refractivity contribution in [3.8, 4) is 0 Å². The minimum absolute atomic E-state index is 0.0921. The van der Waals surface area contributed by atoms with Crippen LogP contribution in [0.3, 0.4) is 0 Å². The molecule has 0 fully saturated rings. The molecule has 1 aromatic heterocycles. The maximum atomic E-state index is 13.0. The van der Waals surface area contributed by atoms with Gasteiger partial charge in [0, 0.05) is 12.7 Å². The molecule has 0 aliphatic heterocycles. The first kappa shape index (κ1) is 14.5. The highest BCUT2D eigenvalue weighted by molar-refractivity contribution is 6.29. The number of pyridine rings is 1. The van der Waals surface area contributed by atoms with Gasteiger partial charge in [0.25, 0.3) is 0 Å². The Bertz CT molecular complexity index is 587. The molecular formula is C15H14ClFN2O. The lowest BCUT2D eigenvalue weighted by atomic mass is 10.1. The zero-order chi connectivity index (χ0) is 14.4. The van der Waals surface area contributed by atoms with Gasteiger partial charge in [0.2, 0.25) is 5.91 Å². The molecule has 1 amide bonds. The molecule has 0 saturated carbocycles. The molecular weight excluding hydrogens is 279 g/mol. The number of nitrogens with zero attached hydrogens (tertiary/aromatic N) is 1. The molecule has 2 rings (SSSR count). The molecule has 0 unspecified atom stereocenters. The summed E-state index contributed by atoms with van der Waals surface area (Å²) in [5.74, 6) is -0.355. The zero-order valence-corrected chi connectivity index (χ0v) is 11.5. The summed E-state index contributed by atoms with van der Waals surface area (Å²) in [5.41, 5.74) is 1.66. The van der Waals surface area contributed by atoms with Crippen LogP contribution >= 0.6 is 11.6 Å². The molecule has 0 bridgehead atoms. The second-order valence-electron chi connectivity index (χ2n) is 4.40. The van der Waals surface area contributed by atoms with Gasteiger partial charge in [-0.3, -0.25) is 4.79 Å². The van der Waals surface area contributed by atoms with Crippen LogP contribution in [0.4, 0.5) is 4.39 Å². The topological polar surface area (TPSA) is 42.0 Å². The number of nitrogens with one attached hydrogen (secondary N) is 1. The molecule has 20 heavy (non-hydrogen) atoms. The predicted octanol–water partition coefficient (Wildman–Crippen LogP) is 2.78. The Hall–Kier alpha value is -1.94. The lowest BCUT2D eigenvalue weighted by Crippen LogP contribution is -2.27. The molecule has 5 heteroatoms. The minimum atomic E-state index is -0.263. The van der Waals surface area contributed by atoms with E-state index < -0.39 is 0 Å². The van der Waals surface area contributed by atoms with Gasteiger partial charge in [-0.05, 0) is 35.7 Å². The van der Waals surface area contributed by atoms with Crippen molar-refractivity contribution in [3.05, 3.63) is 64.7 Å². The van der Waals surface area contributed by atoms with Gasteiger partial charge < -0.3 is 5.32 Å². The fourth-order valence-electron chi connectivity index (χ4n) is 1.80. The largest absolute Gasteiger partial charge is 0.355 e. The average molecular weight is 293 g/mol. The normalized spacial score (nSPS) is 10.3. The van der Waals surface area contributed by atoms with Crippen LogP contribution in [0.25, 0.3) is 0 Å². The molecule has 2 aromatic rings. The van der Waals surface area contributed by atoms with E-state index in [1.54, 1.807) is 24.4 Å². The number of hydrogen-bond acceptors (Lipinski definition) is 2. The molecule has 0 radical (unpaired) electrons. The zero-order valence-electron chi connectivity index (χ0n) is 10.8. The quantitative estimate of drug-likeness (QED) is 0.861. The summed E-state index contributed by atoms with van der Waals surface area (Å²) < 4.78 is 13.0. The highest BCUT2D eigenvalue weighted by Gasteiger charge is 2.03. The van der Waals surface area contributed by atoms with Crippen molar-refractivity contribution < 1.29 is 9.18 Å². The van der Waals surface area contributed by atoms with Gasteiger partial charge >= 0.3 is 0 Å². The number of amides is 1. The molecule has 0 atom stereocenters. The number of halogens is 2. The lowest BCUT2D eigenvalue weighted by molar-refractivity contribution is -0.120. The van der Waals surface area contributed by atoms with Gasteiger partial charge in [-0.15, -0.1) is 0 Å². The first-order valence-electron chi connectivity index (χ1n) is 6.25. The molecule has 0 aliphatic rings. The van der Waals surface area contributed by atoms with E-state index >= 15 is 0 Å². The maximum absolute atomic E-state index is 13.0. The van der Waals surface area contributed by atoms with E-state index in [-0.39, 0.29) is 18.1 Å². The third-order valence-corrected chi connectivity index (χ3v) is 3.00. The highest BCUT2D eigenvalue weighted by atomic mass is 35.5. The smallest absolute Gasteiger partial charge is 0.224 e. The van der Waals surface area contributed by atoms with Crippen molar-refractivity contribution in [1.82, 2.24) is 10.3 Å². The Labute approximate surface area is 121 Å². The lowest BCUT2D eigenvalue weighted by Gasteiger charge is -2.05. The van der Waals surface area contributed by atoms with Gasteiger partial charge in [0.1, 0.15) is 11.0 Å². The second-order valence-corrected chi connectivity index (χ2v) is 4.78. The molecule has 0 spiro atoms. The van der Waals surface area contributed by atoms with E-state index in [0.29, 0.717) is 18.1 Å². The van der Waals surface area contributed by atoms with Crippen molar-refractivity contribution in [2.75, 3.05) is 6.54 Å². The maximum Gasteiger partial charge on any atom is 0.224 e. The second kappa shape index (κ2) is 7.01. The summed E-state index contributed by atoms with van der Waals surface area (Å²) in [5, 5.41) is 3.19. The van der Waals surface area contributed by atoms with Crippen molar-refractivity contribution in [2.24, 2.45) is 0 Å². The summed E-state index contributed by atoms with van der Waals surface area (Å²) in [6, 6.07) is 9.77. The fourth-order valence-corrected chi connectivity index (χ4v) is 1.91. The monoisotopic (exact) mass is 292 g/mol. The summed E-state index contributed by atoms with van der Waals surface area (Å²) >= 11 is 5.67. The number of rotatable bonds is 5.